The Balaban J connectivity index is 1.68. The summed E-state index contributed by atoms with van der Waals surface area (Å²) in [6.45, 7) is 5.62. The number of nitrogens with zero attached hydrogens (tertiary/aromatic N) is 6. The van der Waals surface area contributed by atoms with Gasteiger partial charge in [0.15, 0.2) is 11.6 Å². The van der Waals surface area contributed by atoms with Crippen molar-refractivity contribution in [3.05, 3.63) is 65.0 Å². The molecule has 10 heteroatoms. The van der Waals surface area contributed by atoms with Crippen LogP contribution in [0.1, 0.15) is 29.4 Å². The van der Waals surface area contributed by atoms with Crippen molar-refractivity contribution in [2.24, 2.45) is 7.05 Å². The number of aromatic nitrogens is 6. The molecule has 0 atom stereocenters. The SMILES string of the molecule is CCc1c(Nc2cc(-n3nc(C)c(CC(=O)O)c3C)ncn2)nn(C)c1-c1ccc(F)cc1. The average Bonchev–Trinajstić information content (AvgIpc) is 3.24. The molecule has 0 bridgehead atoms. The Bertz CT molecular complexity index is 1330. The first-order valence-corrected chi connectivity index (χ1v) is 10.5. The van der Waals surface area contributed by atoms with E-state index >= 15 is 0 Å². The molecule has 0 fully saturated rings. The van der Waals surface area contributed by atoms with Gasteiger partial charge < -0.3 is 10.4 Å². The third-order valence-electron chi connectivity index (χ3n) is 5.50. The maximum absolute atomic E-state index is 13.4. The van der Waals surface area contributed by atoms with Crippen LogP contribution < -0.4 is 5.32 Å². The van der Waals surface area contributed by atoms with Gasteiger partial charge in [0.05, 0.1) is 17.8 Å². The highest BCUT2D eigenvalue weighted by Crippen LogP contribution is 2.31. The minimum absolute atomic E-state index is 0.103. The van der Waals surface area contributed by atoms with Crippen molar-refractivity contribution in [3.8, 4) is 17.1 Å². The van der Waals surface area contributed by atoms with E-state index in [0.717, 1.165) is 16.8 Å². The van der Waals surface area contributed by atoms with E-state index in [-0.39, 0.29) is 12.2 Å². The monoisotopic (exact) mass is 449 g/mol. The van der Waals surface area contributed by atoms with E-state index in [9.17, 15) is 14.3 Å². The average molecular weight is 449 g/mol. The van der Waals surface area contributed by atoms with Gasteiger partial charge in [0.1, 0.15) is 18.0 Å². The third-order valence-corrected chi connectivity index (χ3v) is 5.50. The highest BCUT2D eigenvalue weighted by Gasteiger charge is 2.19. The summed E-state index contributed by atoms with van der Waals surface area (Å²) in [5.41, 5.74) is 4.76. The van der Waals surface area contributed by atoms with Crippen molar-refractivity contribution in [3.63, 3.8) is 0 Å². The molecule has 33 heavy (non-hydrogen) atoms. The largest absolute Gasteiger partial charge is 0.481 e. The highest BCUT2D eigenvalue weighted by atomic mass is 19.1. The summed E-state index contributed by atoms with van der Waals surface area (Å²) in [6, 6.07) is 8.05. The molecule has 0 unspecified atom stereocenters. The fraction of sp³-hybridized carbons (Fsp3) is 0.261. The Morgan fingerprint density at radius 2 is 1.85 bits per heavy atom. The van der Waals surface area contributed by atoms with Crippen LogP contribution in [-0.2, 0) is 24.7 Å². The van der Waals surface area contributed by atoms with E-state index in [1.165, 1.54) is 18.5 Å². The number of carboxylic acid groups (broad SMARTS) is 1. The molecule has 0 aliphatic heterocycles. The minimum Gasteiger partial charge on any atom is -0.481 e. The second-order valence-electron chi connectivity index (χ2n) is 7.68. The Morgan fingerprint density at radius 3 is 2.52 bits per heavy atom. The maximum Gasteiger partial charge on any atom is 0.307 e. The Labute approximate surface area is 189 Å². The quantitative estimate of drug-likeness (QED) is 0.442. The van der Waals surface area contributed by atoms with E-state index < -0.39 is 5.97 Å². The summed E-state index contributed by atoms with van der Waals surface area (Å²) in [7, 11) is 1.84. The number of rotatable bonds is 7. The van der Waals surface area contributed by atoms with Gasteiger partial charge in [-0.1, -0.05) is 6.92 Å². The fourth-order valence-corrected chi connectivity index (χ4v) is 3.93. The summed E-state index contributed by atoms with van der Waals surface area (Å²) >= 11 is 0. The molecule has 0 amide bonds. The lowest BCUT2D eigenvalue weighted by molar-refractivity contribution is -0.136. The van der Waals surface area contributed by atoms with Gasteiger partial charge in [0.2, 0.25) is 0 Å². The predicted molar refractivity (Wildman–Crippen MR) is 121 cm³/mol. The Kier molecular flexibility index (Phi) is 5.91. The van der Waals surface area contributed by atoms with Crippen LogP contribution in [0, 0.1) is 19.7 Å². The lowest BCUT2D eigenvalue weighted by atomic mass is 10.1. The Morgan fingerprint density at radius 1 is 1.12 bits per heavy atom. The number of benzene rings is 1. The molecular weight excluding hydrogens is 425 g/mol. The fourth-order valence-electron chi connectivity index (χ4n) is 3.93. The van der Waals surface area contributed by atoms with Gasteiger partial charge >= 0.3 is 5.97 Å². The van der Waals surface area contributed by atoms with Crippen molar-refractivity contribution >= 4 is 17.6 Å². The van der Waals surface area contributed by atoms with Crippen LogP contribution in [0.25, 0.3) is 17.1 Å². The second-order valence-corrected chi connectivity index (χ2v) is 7.68. The zero-order valence-electron chi connectivity index (χ0n) is 18.8. The van der Waals surface area contributed by atoms with E-state index in [2.05, 4.69) is 25.5 Å². The Hall–Kier alpha value is -4.08. The van der Waals surface area contributed by atoms with Crippen molar-refractivity contribution in [1.29, 1.82) is 0 Å². The summed E-state index contributed by atoms with van der Waals surface area (Å²) < 4.78 is 16.8. The molecule has 0 saturated heterocycles. The standard InChI is InChI=1S/C23H24FN7O2/c1-5-17-22(15-6-8-16(24)9-7-15)30(4)29-23(17)27-19-11-20(26-12-25-19)31-14(3)18(10-21(32)33)13(2)28-31/h6-9,11-12H,5,10H2,1-4H3,(H,32,33)(H,25,26,27,29). The molecule has 3 heterocycles. The smallest absolute Gasteiger partial charge is 0.307 e. The first kappa shape index (κ1) is 22.1. The number of aliphatic carboxylic acids is 1. The zero-order chi connectivity index (χ0) is 23.7. The molecule has 9 nitrogen and oxygen atoms in total. The van der Waals surface area contributed by atoms with E-state index in [1.54, 1.807) is 34.5 Å². The van der Waals surface area contributed by atoms with Crippen molar-refractivity contribution in [2.45, 2.75) is 33.6 Å². The van der Waals surface area contributed by atoms with Gasteiger partial charge in [-0.25, -0.2) is 19.0 Å². The highest BCUT2D eigenvalue weighted by molar-refractivity contribution is 5.72. The van der Waals surface area contributed by atoms with Crippen molar-refractivity contribution in [1.82, 2.24) is 29.5 Å². The third kappa shape index (κ3) is 4.32. The molecule has 0 radical (unpaired) electrons. The van der Waals surface area contributed by atoms with Crippen LogP contribution in [0.3, 0.4) is 0 Å². The number of hydrogen-bond acceptors (Lipinski definition) is 6. The molecule has 170 valence electrons. The van der Waals surface area contributed by atoms with Crippen LogP contribution >= 0.6 is 0 Å². The number of carboxylic acids is 1. The molecule has 0 aliphatic carbocycles. The number of hydrogen-bond donors (Lipinski definition) is 2. The molecule has 2 N–H and O–H groups in total. The normalized spacial score (nSPS) is 11.1. The second kappa shape index (κ2) is 8.81. The summed E-state index contributed by atoms with van der Waals surface area (Å²) in [4.78, 5) is 19.8. The number of anilines is 2. The number of halogens is 1. The van der Waals surface area contributed by atoms with Gasteiger partial charge in [0, 0.05) is 35.5 Å². The number of aryl methyl sites for hydroxylation is 2. The van der Waals surface area contributed by atoms with Crippen molar-refractivity contribution < 1.29 is 14.3 Å². The first-order chi connectivity index (χ1) is 15.8. The summed E-state index contributed by atoms with van der Waals surface area (Å²) in [6.07, 6.45) is 2.02. The summed E-state index contributed by atoms with van der Waals surface area (Å²) in [5, 5.41) is 21.5. The van der Waals surface area contributed by atoms with Crippen molar-refractivity contribution in [2.75, 3.05) is 5.32 Å². The lowest BCUT2D eigenvalue weighted by Crippen LogP contribution is -2.06. The molecule has 0 saturated carbocycles. The molecule has 0 aliphatic rings. The molecule has 3 aromatic heterocycles. The molecule has 4 aromatic rings. The number of carbonyl (C=O) groups is 1. The van der Waals surface area contributed by atoms with Gasteiger partial charge in [-0.3, -0.25) is 9.48 Å². The van der Waals surface area contributed by atoms with Crippen LogP contribution in [0.2, 0.25) is 0 Å². The zero-order valence-corrected chi connectivity index (χ0v) is 18.8. The molecule has 4 rings (SSSR count). The van der Waals surface area contributed by atoms with Gasteiger partial charge in [-0.15, -0.1) is 0 Å². The molecular formula is C23H24FN7O2. The van der Waals surface area contributed by atoms with E-state index in [1.807, 2.05) is 20.9 Å². The topological polar surface area (TPSA) is 111 Å². The van der Waals surface area contributed by atoms with E-state index in [4.69, 9.17) is 0 Å². The lowest BCUT2D eigenvalue weighted by Gasteiger charge is -2.08. The summed E-state index contributed by atoms with van der Waals surface area (Å²) in [5.74, 6) is 0.471. The number of nitrogens with one attached hydrogen (secondary N) is 1. The molecule has 0 spiro atoms. The van der Waals surface area contributed by atoms with E-state index in [0.29, 0.717) is 40.8 Å². The van der Waals surface area contributed by atoms with Crippen LogP contribution in [0.4, 0.5) is 16.0 Å². The van der Waals surface area contributed by atoms with Gasteiger partial charge in [-0.2, -0.15) is 10.2 Å². The van der Waals surface area contributed by atoms with Crippen LogP contribution in [0.5, 0.6) is 0 Å². The first-order valence-electron chi connectivity index (χ1n) is 10.5. The van der Waals surface area contributed by atoms with Crippen LogP contribution in [0.15, 0.2) is 36.7 Å². The minimum atomic E-state index is -0.912. The molecule has 1 aromatic carbocycles. The predicted octanol–water partition coefficient (Wildman–Crippen LogP) is 3.75. The maximum atomic E-state index is 13.4. The van der Waals surface area contributed by atoms with Gasteiger partial charge in [0.25, 0.3) is 0 Å². The van der Waals surface area contributed by atoms with Crippen LogP contribution in [-0.4, -0.2) is 40.6 Å². The van der Waals surface area contributed by atoms with Gasteiger partial charge in [-0.05, 0) is 44.5 Å².